The maximum absolute atomic E-state index is 6.78. The van der Waals surface area contributed by atoms with Crippen LogP contribution in [0, 0.1) is 18.8 Å². The third-order valence-electron chi connectivity index (χ3n) is 14.5. The van der Waals surface area contributed by atoms with Crippen molar-refractivity contribution in [1.82, 2.24) is 14.4 Å². The number of hydrogen-bond acceptors (Lipinski definition) is 5. The molecule has 0 spiro atoms. The van der Waals surface area contributed by atoms with Crippen molar-refractivity contribution in [3.63, 3.8) is 0 Å². The van der Waals surface area contributed by atoms with E-state index < -0.39 is 0 Å². The summed E-state index contributed by atoms with van der Waals surface area (Å²) in [5.41, 5.74) is 15.6. The van der Waals surface area contributed by atoms with Crippen molar-refractivity contribution in [3.8, 4) is 17.3 Å². The third kappa shape index (κ3) is 9.27. The third-order valence-corrected chi connectivity index (χ3v) is 14.5. The Kier molecular flexibility index (Phi) is 12.9. The molecule has 0 saturated heterocycles. The van der Waals surface area contributed by atoms with Crippen molar-refractivity contribution in [2.75, 3.05) is 9.80 Å². The zero-order chi connectivity index (χ0) is 51.2. The van der Waals surface area contributed by atoms with E-state index in [1.54, 1.807) is 0 Å². The van der Waals surface area contributed by atoms with E-state index in [0.717, 1.165) is 56.1 Å². The molecule has 5 heterocycles. The Hall–Kier alpha value is -6.82. The molecule has 0 amide bonds. The van der Waals surface area contributed by atoms with E-state index in [0.29, 0.717) is 11.5 Å². The Morgan fingerprint density at radius 3 is 1.95 bits per heavy atom. The standard InChI is InChI=1S/C66H65BN5O.Pt/c1-63(2,3)45-32-34-68-60(39-45)72-56-27-16-14-25-52(56)53-31-30-50(41-59(53)72)73-49-23-21-22-48(40-49)69-43-70(58-29-18-17-28-57(58)69)62-54(51-24-13-15-26-55(51)66(10,11)12)42-67-33-19-20-35-71(67)61(62)44-36-46(64(4,5)6)38-47(37-44)65(7,8)9;/h13-39,42-43H,1-12H3;/q-3;. The molecule has 376 valence electrons. The normalized spacial score (nSPS) is 14.9. The predicted molar refractivity (Wildman–Crippen MR) is 307 cm³/mol. The first-order chi connectivity index (χ1) is 34.7. The molecular formula is C66H65BN5OPt-3. The minimum absolute atomic E-state index is 0. The number of hydrogen-bond donors (Lipinski definition) is 0. The fourth-order valence-corrected chi connectivity index (χ4v) is 10.5. The number of aromatic nitrogens is 2. The molecule has 8 heteroatoms. The summed E-state index contributed by atoms with van der Waals surface area (Å²) >= 11 is 0. The van der Waals surface area contributed by atoms with Crippen LogP contribution in [0.15, 0.2) is 176 Å². The monoisotopic (exact) mass is 1150 g/mol. The molecule has 0 saturated carbocycles. The largest absolute Gasteiger partial charge is 0.509 e. The van der Waals surface area contributed by atoms with Gasteiger partial charge in [0.15, 0.2) is 0 Å². The van der Waals surface area contributed by atoms with Gasteiger partial charge in [0.05, 0.1) is 5.70 Å². The summed E-state index contributed by atoms with van der Waals surface area (Å²) in [5, 5.41) is 2.23. The van der Waals surface area contributed by atoms with Crippen molar-refractivity contribution in [1.29, 1.82) is 0 Å². The quantitative estimate of drug-likeness (QED) is 0.117. The van der Waals surface area contributed by atoms with Crippen LogP contribution in [0.2, 0.25) is 0 Å². The molecule has 0 N–H and O–H groups in total. The van der Waals surface area contributed by atoms with Crippen LogP contribution >= 0.6 is 0 Å². The maximum Gasteiger partial charge on any atom is 0.313 e. The van der Waals surface area contributed by atoms with Gasteiger partial charge in [-0.2, -0.15) is 12.1 Å². The van der Waals surface area contributed by atoms with Crippen molar-refractivity contribution in [2.24, 2.45) is 0 Å². The second-order valence-corrected chi connectivity index (χ2v) is 23.9. The van der Waals surface area contributed by atoms with Crippen LogP contribution in [0.1, 0.15) is 116 Å². The van der Waals surface area contributed by atoms with Crippen LogP contribution in [-0.4, -0.2) is 21.2 Å². The number of nitrogens with zero attached hydrogens (tertiary/aromatic N) is 5. The topological polar surface area (TPSA) is 36.8 Å². The molecule has 0 fully saturated rings. The molecule has 2 aromatic heterocycles. The molecule has 0 bridgehead atoms. The van der Waals surface area contributed by atoms with Crippen LogP contribution in [0.3, 0.4) is 0 Å². The smallest absolute Gasteiger partial charge is 0.313 e. The van der Waals surface area contributed by atoms with Gasteiger partial charge in [0.25, 0.3) is 0 Å². The number of ether oxygens (including phenoxy) is 1. The van der Waals surface area contributed by atoms with Gasteiger partial charge in [-0.25, -0.2) is 4.98 Å². The molecule has 0 aliphatic carbocycles. The van der Waals surface area contributed by atoms with Crippen molar-refractivity contribution in [2.45, 2.75) is 105 Å². The summed E-state index contributed by atoms with van der Waals surface area (Å²) in [6.07, 6.45) is 8.51. The minimum Gasteiger partial charge on any atom is -0.509 e. The molecule has 3 aliphatic heterocycles. The summed E-state index contributed by atoms with van der Waals surface area (Å²) in [4.78, 5) is 12.0. The molecule has 6 aromatic carbocycles. The van der Waals surface area contributed by atoms with Crippen molar-refractivity contribution >= 4 is 57.0 Å². The fourth-order valence-electron chi connectivity index (χ4n) is 10.5. The van der Waals surface area contributed by atoms with E-state index in [9.17, 15) is 0 Å². The van der Waals surface area contributed by atoms with Gasteiger partial charge >= 0.3 is 6.85 Å². The molecule has 74 heavy (non-hydrogen) atoms. The number of allylic oxidation sites excluding steroid dienone is 3. The second-order valence-electron chi connectivity index (χ2n) is 23.9. The van der Waals surface area contributed by atoms with E-state index in [4.69, 9.17) is 9.72 Å². The first kappa shape index (κ1) is 50.7. The van der Waals surface area contributed by atoms with E-state index in [1.165, 1.54) is 39.0 Å². The summed E-state index contributed by atoms with van der Waals surface area (Å²) in [6, 6.07) is 55.4. The van der Waals surface area contributed by atoms with Crippen LogP contribution < -0.4 is 14.5 Å². The SMILES string of the molecule is CC(C)(C)c1cc(C2=C(N3[CH-]N(c4[c-]c(Oc5[c-]c6c(cc5)c5ccccc5n6-c5cc(C(C)(C)C)ccn5)ccc4)c4ccccc43)C(c3ccccc3C(C)(C)C)=CB3C=CC=CN32)cc(C(C)(C)C)c1.[Pt]. The average molecular weight is 1150 g/mol. The Morgan fingerprint density at radius 1 is 0.568 bits per heavy atom. The van der Waals surface area contributed by atoms with Gasteiger partial charge in [-0.1, -0.05) is 167 Å². The van der Waals surface area contributed by atoms with Crippen molar-refractivity contribution in [3.05, 3.63) is 228 Å². The number of pyridine rings is 1. The second kappa shape index (κ2) is 18.8. The molecule has 11 rings (SSSR count). The van der Waals surface area contributed by atoms with E-state index in [1.807, 2.05) is 18.3 Å². The van der Waals surface area contributed by atoms with E-state index in [2.05, 4.69) is 273 Å². The minimum atomic E-state index is -0.117. The fraction of sp³-hybridized carbons (Fsp3) is 0.242. The predicted octanol–water partition coefficient (Wildman–Crippen LogP) is 16.8. The Balaban J connectivity index is 0.00000626. The zero-order valence-corrected chi connectivity index (χ0v) is 47.1. The van der Waals surface area contributed by atoms with Gasteiger partial charge in [-0.05, 0) is 121 Å². The zero-order valence-electron chi connectivity index (χ0n) is 44.8. The van der Waals surface area contributed by atoms with Crippen LogP contribution in [0.25, 0.3) is 38.9 Å². The van der Waals surface area contributed by atoms with E-state index in [-0.39, 0.29) is 49.6 Å². The number of rotatable bonds is 7. The van der Waals surface area contributed by atoms with Gasteiger partial charge in [-0.3, -0.25) is 0 Å². The molecule has 0 radical (unpaired) electrons. The average Bonchev–Trinajstić information content (AvgIpc) is 3.91. The van der Waals surface area contributed by atoms with Gasteiger partial charge in [0.2, 0.25) is 0 Å². The summed E-state index contributed by atoms with van der Waals surface area (Å²) < 4.78 is 8.98. The molecule has 8 aromatic rings. The first-order valence-corrected chi connectivity index (χ1v) is 25.7. The first-order valence-electron chi connectivity index (χ1n) is 25.7. The Bertz CT molecular complexity index is 3570. The molecule has 0 unspecified atom stereocenters. The molecule has 3 aliphatic rings. The number of benzene rings is 6. The Labute approximate surface area is 454 Å². The van der Waals surface area contributed by atoms with Gasteiger partial charge in [-0.15, -0.1) is 48.1 Å². The molecular weight excluding hydrogens is 1080 g/mol. The maximum atomic E-state index is 6.78. The van der Waals surface area contributed by atoms with Crippen LogP contribution in [-0.2, 0) is 42.7 Å². The summed E-state index contributed by atoms with van der Waals surface area (Å²) in [7, 11) is 0. The number of para-hydroxylation sites is 3. The van der Waals surface area contributed by atoms with Gasteiger partial charge < -0.3 is 23.9 Å². The van der Waals surface area contributed by atoms with Crippen LogP contribution in [0.5, 0.6) is 11.5 Å². The summed E-state index contributed by atoms with van der Waals surface area (Å²) in [6.45, 7) is 29.8. The Morgan fingerprint density at radius 2 is 1.23 bits per heavy atom. The molecule has 0 atom stereocenters. The molecule has 6 nitrogen and oxygen atoms in total. The van der Waals surface area contributed by atoms with Crippen molar-refractivity contribution < 1.29 is 25.8 Å². The van der Waals surface area contributed by atoms with Crippen LogP contribution in [0.4, 0.5) is 17.1 Å². The van der Waals surface area contributed by atoms with Gasteiger partial charge in [0.1, 0.15) is 5.82 Å². The van der Waals surface area contributed by atoms with Gasteiger partial charge in [0, 0.05) is 61.3 Å². The van der Waals surface area contributed by atoms with E-state index >= 15 is 0 Å². The number of fused-ring (bicyclic) bond motifs is 5. The number of anilines is 3. The summed E-state index contributed by atoms with van der Waals surface area (Å²) in [5.74, 6) is 6.82.